The Morgan fingerprint density at radius 2 is 1.65 bits per heavy atom. The number of hydrogen-bond acceptors (Lipinski definition) is 4. The van der Waals surface area contributed by atoms with Crippen molar-refractivity contribution in [2.75, 3.05) is 6.54 Å². The molecule has 148 valence electrons. The number of nitrogens with two attached hydrogens (primary N) is 1. The fraction of sp³-hybridized carbons (Fsp3) is 0.533. The minimum absolute atomic E-state index is 0.00721. The van der Waals surface area contributed by atoms with Crippen molar-refractivity contribution >= 4 is 5.97 Å². The third-order valence-corrected chi connectivity index (χ3v) is 3.59. The van der Waals surface area contributed by atoms with Crippen molar-refractivity contribution in [3.8, 4) is 11.5 Å². The van der Waals surface area contributed by atoms with E-state index in [2.05, 4.69) is 9.47 Å². The number of ether oxygens (including phenoxy) is 2. The highest BCUT2D eigenvalue weighted by atomic mass is 19.4. The van der Waals surface area contributed by atoms with Gasteiger partial charge in [-0.15, -0.1) is 26.3 Å². The predicted molar refractivity (Wildman–Crippen MR) is 77.6 cm³/mol. The van der Waals surface area contributed by atoms with E-state index in [4.69, 9.17) is 10.8 Å². The van der Waals surface area contributed by atoms with Crippen LogP contribution in [0.4, 0.5) is 26.3 Å². The molecule has 1 aromatic carbocycles. The minimum Gasteiger partial charge on any atom is -0.481 e. The molecule has 0 saturated carbocycles. The first kappa shape index (κ1) is 21.9. The molecular weight excluding hydrogens is 372 g/mol. The van der Waals surface area contributed by atoms with Crippen molar-refractivity contribution in [2.24, 2.45) is 11.7 Å². The molecule has 1 rings (SSSR count). The highest BCUT2D eigenvalue weighted by Gasteiger charge is 2.37. The fourth-order valence-electron chi connectivity index (χ4n) is 2.37. The molecular formula is C15H17F6NO4. The summed E-state index contributed by atoms with van der Waals surface area (Å²) in [7, 11) is 0. The summed E-state index contributed by atoms with van der Waals surface area (Å²) in [5, 5.41) is 9.05. The molecule has 0 aliphatic carbocycles. The van der Waals surface area contributed by atoms with E-state index in [0.717, 1.165) is 12.1 Å². The number of alkyl halides is 6. The average molecular weight is 389 g/mol. The van der Waals surface area contributed by atoms with E-state index in [1.54, 1.807) is 6.92 Å². The van der Waals surface area contributed by atoms with Crippen LogP contribution in [-0.4, -0.2) is 30.3 Å². The van der Waals surface area contributed by atoms with Crippen LogP contribution >= 0.6 is 0 Å². The first-order valence-corrected chi connectivity index (χ1v) is 7.44. The smallest absolute Gasteiger partial charge is 0.481 e. The molecule has 0 bridgehead atoms. The largest absolute Gasteiger partial charge is 0.573 e. The second-order valence-corrected chi connectivity index (χ2v) is 5.41. The lowest BCUT2D eigenvalue weighted by atomic mass is 9.86. The lowest BCUT2D eigenvalue weighted by Crippen LogP contribution is -2.25. The maximum Gasteiger partial charge on any atom is 0.573 e. The number of aliphatic carboxylic acids is 1. The molecule has 0 fully saturated rings. The number of carbonyl (C=O) groups is 1. The van der Waals surface area contributed by atoms with Gasteiger partial charge in [0, 0.05) is 6.54 Å². The summed E-state index contributed by atoms with van der Waals surface area (Å²) in [4.78, 5) is 11.1. The SMILES string of the molecule is CCC(CC(CN)C(=O)O)c1ccc(OC(F)(F)F)c(OC(F)(F)F)c1. The summed E-state index contributed by atoms with van der Waals surface area (Å²) < 4.78 is 81.7. The Hall–Kier alpha value is -2.17. The van der Waals surface area contributed by atoms with Gasteiger partial charge in [0.25, 0.3) is 0 Å². The lowest BCUT2D eigenvalue weighted by molar-refractivity contribution is -0.287. The van der Waals surface area contributed by atoms with Crippen molar-refractivity contribution in [2.45, 2.75) is 38.4 Å². The molecule has 1 aromatic rings. The Morgan fingerprint density at radius 3 is 2.08 bits per heavy atom. The summed E-state index contributed by atoms with van der Waals surface area (Å²) >= 11 is 0. The maximum atomic E-state index is 12.5. The Balaban J connectivity index is 3.22. The van der Waals surface area contributed by atoms with E-state index in [9.17, 15) is 31.1 Å². The predicted octanol–water partition coefficient (Wildman–Crippen LogP) is 4.03. The second-order valence-electron chi connectivity index (χ2n) is 5.41. The van der Waals surface area contributed by atoms with E-state index < -0.39 is 42.0 Å². The molecule has 0 aliphatic rings. The van der Waals surface area contributed by atoms with Crippen LogP contribution in [0, 0.1) is 5.92 Å². The van der Waals surface area contributed by atoms with Crippen LogP contribution < -0.4 is 15.2 Å². The quantitative estimate of drug-likeness (QED) is 0.656. The van der Waals surface area contributed by atoms with E-state index in [0.29, 0.717) is 12.5 Å². The van der Waals surface area contributed by atoms with Crippen LogP contribution in [0.1, 0.15) is 31.2 Å². The molecule has 2 atom stereocenters. The van der Waals surface area contributed by atoms with Crippen molar-refractivity contribution in [3.63, 3.8) is 0 Å². The molecule has 0 amide bonds. The molecule has 0 aromatic heterocycles. The van der Waals surface area contributed by atoms with Gasteiger partial charge < -0.3 is 20.3 Å². The van der Waals surface area contributed by atoms with E-state index in [1.165, 1.54) is 0 Å². The first-order valence-electron chi connectivity index (χ1n) is 7.44. The summed E-state index contributed by atoms with van der Waals surface area (Å²) in [6, 6.07) is 2.59. The zero-order valence-electron chi connectivity index (χ0n) is 13.5. The fourth-order valence-corrected chi connectivity index (χ4v) is 2.37. The number of benzene rings is 1. The summed E-state index contributed by atoms with van der Waals surface area (Å²) in [6.45, 7) is 1.47. The number of hydrogen-bond donors (Lipinski definition) is 2. The van der Waals surface area contributed by atoms with Gasteiger partial charge in [-0.2, -0.15) is 0 Å². The van der Waals surface area contributed by atoms with Gasteiger partial charge in [0.15, 0.2) is 11.5 Å². The highest BCUT2D eigenvalue weighted by molar-refractivity contribution is 5.70. The highest BCUT2D eigenvalue weighted by Crippen LogP contribution is 2.39. The van der Waals surface area contributed by atoms with Crippen molar-refractivity contribution in [1.29, 1.82) is 0 Å². The average Bonchev–Trinajstić information content (AvgIpc) is 2.47. The monoisotopic (exact) mass is 389 g/mol. The maximum absolute atomic E-state index is 12.5. The molecule has 0 saturated heterocycles. The van der Waals surface area contributed by atoms with Gasteiger partial charge >= 0.3 is 18.7 Å². The molecule has 3 N–H and O–H groups in total. The summed E-state index contributed by atoms with van der Waals surface area (Å²) in [5.74, 6) is -4.98. The van der Waals surface area contributed by atoms with E-state index in [-0.39, 0.29) is 18.5 Å². The van der Waals surface area contributed by atoms with Crippen molar-refractivity contribution in [3.05, 3.63) is 23.8 Å². The Bertz CT molecular complexity index is 617. The molecule has 5 nitrogen and oxygen atoms in total. The zero-order valence-corrected chi connectivity index (χ0v) is 13.5. The number of halogens is 6. The lowest BCUT2D eigenvalue weighted by Gasteiger charge is -2.21. The topological polar surface area (TPSA) is 81.8 Å². The molecule has 26 heavy (non-hydrogen) atoms. The standard InChI is InChI=1S/C15H17F6NO4/c1-2-8(5-10(7-22)13(23)24)9-3-4-11(25-14(16,17)18)12(6-9)26-15(19,20)21/h3-4,6,8,10H,2,5,7,22H2,1H3,(H,23,24). The Kier molecular flexibility index (Phi) is 7.13. The number of carboxylic acids is 1. The minimum atomic E-state index is -5.23. The van der Waals surface area contributed by atoms with Crippen molar-refractivity contribution < 1.29 is 45.7 Å². The van der Waals surface area contributed by atoms with Crippen LogP contribution in [-0.2, 0) is 4.79 Å². The molecule has 0 aliphatic heterocycles. The van der Waals surface area contributed by atoms with Gasteiger partial charge in [-0.3, -0.25) is 4.79 Å². The van der Waals surface area contributed by atoms with Crippen LogP contribution in [0.3, 0.4) is 0 Å². The molecule has 11 heteroatoms. The van der Waals surface area contributed by atoms with Crippen molar-refractivity contribution in [1.82, 2.24) is 0 Å². The second kappa shape index (κ2) is 8.47. The van der Waals surface area contributed by atoms with E-state index in [1.807, 2.05) is 0 Å². The van der Waals surface area contributed by atoms with Crippen LogP contribution in [0.15, 0.2) is 18.2 Å². The molecule has 2 unspecified atom stereocenters. The van der Waals surface area contributed by atoms with Gasteiger partial charge in [-0.1, -0.05) is 13.0 Å². The summed E-state index contributed by atoms with van der Waals surface area (Å²) in [6.07, 6.45) is -10.1. The van der Waals surface area contributed by atoms with Crippen LogP contribution in [0.5, 0.6) is 11.5 Å². The third-order valence-electron chi connectivity index (χ3n) is 3.59. The third kappa shape index (κ3) is 6.98. The molecule has 0 heterocycles. The Morgan fingerprint density at radius 1 is 1.12 bits per heavy atom. The van der Waals surface area contributed by atoms with Gasteiger partial charge in [0.2, 0.25) is 0 Å². The van der Waals surface area contributed by atoms with Crippen LogP contribution in [0.2, 0.25) is 0 Å². The first-order chi connectivity index (χ1) is 11.9. The van der Waals surface area contributed by atoms with Gasteiger partial charge in [0.05, 0.1) is 5.92 Å². The molecule has 0 spiro atoms. The van der Waals surface area contributed by atoms with Crippen LogP contribution in [0.25, 0.3) is 0 Å². The number of carboxylic acid groups (broad SMARTS) is 1. The number of rotatable bonds is 8. The van der Waals surface area contributed by atoms with Gasteiger partial charge in [-0.05, 0) is 36.5 Å². The zero-order chi connectivity index (χ0) is 20.1. The Labute approximate surface area is 144 Å². The van der Waals surface area contributed by atoms with Gasteiger partial charge in [-0.25, -0.2) is 0 Å². The van der Waals surface area contributed by atoms with Gasteiger partial charge in [0.1, 0.15) is 0 Å². The summed E-state index contributed by atoms with van der Waals surface area (Å²) in [5.41, 5.74) is 5.54. The van der Waals surface area contributed by atoms with E-state index >= 15 is 0 Å². The molecule has 0 radical (unpaired) electrons. The normalized spacial score (nSPS) is 14.6.